The average molecular weight is 385 g/mol. The van der Waals surface area contributed by atoms with E-state index in [9.17, 15) is 0 Å². The van der Waals surface area contributed by atoms with Crippen LogP contribution in [0.1, 0.15) is 31.2 Å². The molecule has 4 aliphatic rings. The summed E-state index contributed by atoms with van der Waals surface area (Å²) in [6, 6.07) is 12.2. The molecule has 0 radical (unpaired) electrons. The van der Waals surface area contributed by atoms with Crippen molar-refractivity contribution in [2.24, 2.45) is 9.98 Å². The fraction of sp³-hybridized carbons (Fsp3) is 0.500. The number of aliphatic imine (C=N–C) groups is 2. The van der Waals surface area contributed by atoms with Crippen LogP contribution in [-0.4, -0.2) is 45.7 Å². The van der Waals surface area contributed by atoms with Crippen LogP contribution in [0.25, 0.3) is 0 Å². The number of thioether (sulfide) groups is 2. The van der Waals surface area contributed by atoms with Gasteiger partial charge in [0.05, 0.1) is 18.1 Å². The second kappa shape index (κ2) is 7.31. The lowest BCUT2D eigenvalue weighted by Crippen LogP contribution is -2.36. The van der Waals surface area contributed by atoms with Crippen LogP contribution in [0.3, 0.4) is 0 Å². The van der Waals surface area contributed by atoms with E-state index in [4.69, 9.17) is 9.98 Å². The summed E-state index contributed by atoms with van der Waals surface area (Å²) >= 11 is 3.64. The van der Waals surface area contributed by atoms with Crippen molar-refractivity contribution in [3.8, 4) is 0 Å². The molecule has 136 valence electrons. The monoisotopic (exact) mass is 384 g/mol. The first-order valence-electron chi connectivity index (χ1n) is 9.57. The second-order valence-corrected chi connectivity index (χ2v) is 9.22. The lowest BCUT2D eigenvalue weighted by molar-refractivity contribution is 0.385. The fourth-order valence-corrected chi connectivity index (χ4v) is 6.24. The van der Waals surface area contributed by atoms with Gasteiger partial charge in [0.25, 0.3) is 0 Å². The van der Waals surface area contributed by atoms with Gasteiger partial charge in [-0.1, -0.05) is 66.7 Å². The lowest BCUT2D eigenvalue weighted by atomic mass is 9.92. The van der Waals surface area contributed by atoms with Crippen LogP contribution in [0.4, 0.5) is 0 Å². The van der Waals surface area contributed by atoms with Crippen LogP contribution in [0.2, 0.25) is 0 Å². The van der Waals surface area contributed by atoms with Gasteiger partial charge in [-0.15, -0.1) is 0 Å². The van der Waals surface area contributed by atoms with Gasteiger partial charge in [0, 0.05) is 18.0 Å². The highest BCUT2D eigenvalue weighted by molar-refractivity contribution is 8.17. The Morgan fingerprint density at radius 1 is 1.15 bits per heavy atom. The maximum Gasteiger partial charge on any atom is 0.168 e. The van der Waals surface area contributed by atoms with Gasteiger partial charge in [-0.05, 0) is 30.2 Å². The van der Waals surface area contributed by atoms with Crippen LogP contribution in [0, 0.1) is 0 Å². The normalized spacial score (nSPS) is 29.6. The molecule has 1 unspecified atom stereocenters. The molecule has 3 atom stereocenters. The largest absolute Gasteiger partial charge is 0.360 e. The van der Waals surface area contributed by atoms with E-state index >= 15 is 0 Å². The second-order valence-electron chi connectivity index (χ2n) is 7.42. The molecule has 1 aromatic carbocycles. The molecule has 0 bridgehead atoms. The molecule has 1 N–H and O–H groups in total. The van der Waals surface area contributed by atoms with Crippen LogP contribution in [0.15, 0.2) is 51.4 Å². The number of hydrogen-bond acceptors (Lipinski definition) is 6. The van der Waals surface area contributed by atoms with E-state index in [1.807, 2.05) is 11.8 Å². The molecule has 1 aromatic rings. The molecule has 1 aliphatic carbocycles. The Morgan fingerprint density at radius 3 is 2.92 bits per heavy atom. The van der Waals surface area contributed by atoms with Crippen molar-refractivity contribution in [2.45, 2.75) is 50.2 Å². The van der Waals surface area contributed by atoms with Gasteiger partial charge < -0.3 is 10.2 Å². The Bertz CT molecular complexity index is 758. The molecule has 0 aromatic heterocycles. The summed E-state index contributed by atoms with van der Waals surface area (Å²) in [4.78, 5) is 12.3. The summed E-state index contributed by atoms with van der Waals surface area (Å²) in [6.07, 6.45) is 6.24. The van der Waals surface area contributed by atoms with Crippen molar-refractivity contribution in [1.82, 2.24) is 10.2 Å². The predicted molar refractivity (Wildman–Crippen MR) is 113 cm³/mol. The number of fused-ring (bicyclic) bond motifs is 2. The summed E-state index contributed by atoms with van der Waals surface area (Å²) in [5.74, 6) is 0.981. The lowest BCUT2D eigenvalue weighted by Gasteiger charge is -2.23. The molecule has 0 saturated heterocycles. The Kier molecular flexibility index (Phi) is 4.71. The van der Waals surface area contributed by atoms with Gasteiger partial charge in [0.15, 0.2) is 10.3 Å². The van der Waals surface area contributed by atoms with Gasteiger partial charge in [-0.25, -0.2) is 0 Å². The van der Waals surface area contributed by atoms with E-state index in [2.05, 4.69) is 46.0 Å². The van der Waals surface area contributed by atoms with Gasteiger partial charge in [-0.2, -0.15) is 0 Å². The van der Waals surface area contributed by atoms with E-state index in [0.29, 0.717) is 18.1 Å². The summed E-state index contributed by atoms with van der Waals surface area (Å²) < 4.78 is 0. The SMILES string of the molecule is C1=C(CSC2=N[C@H]3CCCC[C@@H]3N2)N2CC(Cc3ccccc3)N=C2S1. The van der Waals surface area contributed by atoms with Crippen molar-refractivity contribution in [3.63, 3.8) is 0 Å². The number of nitrogens with zero attached hydrogens (tertiary/aromatic N) is 3. The van der Waals surface area contributed by atoms with Crippen molar-refractivity contribution in [3.05, 3.63) is 47.0 Å². The van der Waals surface area contributed by atoms with Crippen molar-refractivity contribution >= 4 is 33.9 Å². The minimum atomic E-state index is 0.374. The summed E-state index contributed by atoms with van der Waals surface area (Å²) in [5.41, 5.74) is 2.76. The van der Waals surface area contributed by atoms with E-state index in [1.165, 1.54) is 42.1 Å². The highest BCUT2D eigenvalue weighted by Crippen LogP contribution is 2.35. The Balaban J connectivity index is 1.16. The quantitative estimate of drug-likeness (QED) is 0.856. The average Bonchev–Trinajstić information content (AvgIpc) is 3.34. The number of amidine groups is 2. The molecular formula is C20H24N4S2. The maximum absolute atomic E-state index is 4.93. The third-order valence-electron chi connectivity index (χ3n) is 5.56. The Hall–Kier alpha value is -1.40. The van der Waals surface area contributed by atoms with E-state index in [-0.39, 0.29) is 0 Å². The Labute approximate surface area is 163 Å². The molecule has 0 amide bonds. The highest BCUT2D eigenvalue weighted by Gasteiger charge is 2.34. The van der Waals surface area contributed by atoms with E-state index in [0.717, 1.165) is 23.9 Å². The zero-order chi connectivity index (χ0) is 17.3. The molecule has 5 rings (SSSR count). The van der Waals surface area contributed by atoms with Crippen molar-refractivity contribution in [1.29, 1.82) is 0 Å². The zero-order valence-corrected chi connectivity index (χ0v) is 16.4. The van der Waals surface area contributed by atoms with Gasteiger partial charge in [-0.3, -0.25) is 9.98 Å². The van der Waals surface area contributed by atoms with Crippen LogP contribution >= 0.6 is 23.5 Å². The standard InChI is InChI=1S/C20H24N4S2/c1-2-6-14(7-3-1)10-15-11-24-16(13-26-20(24)21-15)12-25-19-22-17-8-4-5-9-18(17)23-19/h1-3,6-7,13,15,17-18H,4-5,8-12H2,(H,22,23)/t15?,17-,18-/m0/s1. The topological polar surface area (TPSA) is 40.0 Å². The summed E-state index contributed by atoms with van der Waals surface area (Å²) in [7, 11) is 0. The molecule has 1 saturated carbocycles. The predicted octanol–water partition coefficient (Wildman–Crippen LogP) is 3.86. The smallest absolute Gasteiger partial charge is 0.168 e. The van der Waals surface area contributed by atoms with Gasteiger partial charge in [0.2, 0.25) is 0 Å². The molecule has 1 fully saturated rings. The number of benzene rings is 1. The third-order valence-corrected chi connectivity index (χ3v) is 7.42. The first-order valence-corrected chi connectivity index (χ1v) is 11.4. The molecule has 4 nitrogen and oxygen atoms in total. The van der Waals surface area contributed by atoms with E-state index < -0.39 is 0 Å². The highest BCUT2D eigenvalue weighted by atomic mass is 32.2. The Morgan fingerprint density at radius 2 is 2.04 bits per heavy atom. The number of rotatable bonds is 4. The molecule has 26 heavy (non-hydrogen) atoms. The first-order chi connectivity index (χ1) is 12.8. The molecular weight excluding hydrogens is 360 g/mol. The summed E-state index contributed by atoms with van der Waals surface area (Å²) in [5, 5.41) is 8.25. The molecule has 6 heteroatoms. The fourth-order valence-electron chi connectivity index (χ4n) is 4.18. The minimum absolute atomic E-state index is 0.374. The number of nitrogens with one attached hydrogen (secondary N) is 1. The molecule has 3 aliphatic heterocycles. The minimum Gasteiger partial charge on any atom is -0.360 e. The summed E-state index contributed by atoms with van der Waals surface area (Å²) in [6.45, 7) is 1.01. The number of hydrogen-bond donors (Lipinski definition) is 1. The van der Waals surface area contributed by atoms with Crippen LogP contribution in [0.5, 0.6) is 0 Å². The van der Waals surface area contributed by atoms with Crippen molar-refractivity contribution in [2.75, 3.05) is 12.3 Å². The molecule has 3 heterocycles. The maximum atomic E-state index is 4.93. The third kappa shape index (κ3) is 3.41. The van der Waals surface area contributed by atoms with Crippen LogP contribution < -0.4 is 5.32 Å². The zero-order valence-electron chi connectivity index (χ0n) is 14.8. The first kappa shape index (κ1) is 16.8. The van der Waals surface area contributed by atoms with E-state index in [1.54, 1.807) is 11.8 Å². The van der Waals surface area contributed by atoms with Crippen LogP contribution in [-0.2, 0) is 6.42 Å². The van der Waals surface area contributed by atoms with Gasteiger partial charge in [0.1, 0.15) is 0 Å². The molecule has 0 spiro atoms. The van der Waals surface area contributed by atoms with Gasteiger partial charge >= 0.3 is 0 Å². The van der Waals surface area contributed by atoms with Crippen molar-refractivity contribution < 1.29 is 0 Å².